The summed E-state index contributed by atoms with van der Waals surface area (Å²) in [7, 11) is -2.21. The molecule has 6 heteroatoms. The molecule has 23 heavy (non-hydrogen) atoms. The van der Waals surface area contributed by atoms with Gasteiger partial charge in [-0.1, -0.05) is 26.7 Å². The van der Waals surface area contributed by atoms with E-state index in [-0.39, 0.29) is 5.22 Å². The molecule has 0 aromatic rings. The van der Waals surface area contributed by atoms with E-state index in [1.807, 2.05) is 5.40 Å². The number of rotatable bonds is 9. The highest BCUT2D eigenvalue weighted by atomic mass is 32.2. The van der Waals surface area contributed by atoms with Gasteiger partial charge in [-0.05, 0) is 57.8 Å². The molecule has 4 nitrogen and oxygen atoms in total. The molecule has 0 spiro atoms. The van der Waals surface area contributed by atoms with Crippen molar-refractivity contribution < 1.29 is 13.6 Å². The Bertz CT molecular complexity index is 323. The van der Waals surface area contributed by atoms with Gasteiger partial charge in [-0.25, -0.2) is 0 Å². The van der Waals surface area contributed by atoms with Gasteiger partial charge in [0.25, 0.3) is 0 Å². The van der Waals surface area contributed by atoms with Gasteiger partial charge in [0, 0.05) is 25.6 Å². The largest absolute Gasteiger partial charge is 0.393 e. The van der Waals surface area contributed by atoms with E-state index in [9.17, 15) is 0 Å². The smallest absolute Gasteiger partial charge is 0.371 e. The van der Waals surface area contributed by atoms with Gasteiger partial charge in [0.1, 0.15) is 10.6 Å². The molecule has 1 aliphatic heterocycles. The molecule has 0 aromatic heterocycles. The monoisotopic (exact) mass is 361 g/mol. The van der Waals surface area contributed by atoms with Crippen molar-refractivity contribution in [1.82, 2.24) is 0 Å². The molecule has 1 rings (SSSR count). The number of thiocyanates is 1. The Kier molecular flexibility index (Phi) is 13.2. The molecule has 1 heterocycles. The molecule has 1 fully saturated rings. The van der Waals surface area contributed by atoms with Gasteiger partial charge < -0.3 is 13.6 Å². The average Bonchev–Trinajstić information content (AvgIpc) is 2.56. The van der Waals surface area contributed by atoms with Crippen LogP contribution >= 0.6 is 11.8 Å². The first-order valence-corrected chi connectivity index (χ1v) is 12.1. The topological polar surface area (TPSA) is 51.5 Å². The van der Waals surface area contributed by atoms with Crippen LogP contribution in [-0.4, -0.2) is 39.4 Å². The fourth-order valence-electron chi connectivity index (χ4n) is 3.26. The summed E-state index contributed by atoms with van der Waals surface area (Å²) < 4.78 is 18.5. The van der Waals surface area contributed by atoms with E-state index in [2.05, 4.69) is 34.6 Å². The lowest BCUT2D eigenvalue weighted by Crippen LogP contribution is -2.65. The molecule has 0 aliphatic carbocycles. The zero-order chi connectivity index (χ0) is 17.6. The van der Waals surface area contributed by atoms with E-state index in [1.165, 1.54) is 24.6 Å². The highest BCUT2D eigenvalue weighted by Crippen LogP contribution is 2.42. The van der Waals surface area contributed by atoms with E-state index < -0.39 is 8.56 Å². The van der Waals surface area contributed by atoms with Crippen molar-refractivity contribution in [2.24, 2.45) is 0 Å². The summed E-state index contributed by atoms with van der Waals surface area (Å²) in [5, 5.41) is 9.78. The second kappa shape index (κ2) is 13.3. The van der Waals surface area contributed by atoms with Crippen LogP contribution in [0.25, 0.3) is 0 Å². The van der Waals surface area contributed by atoms with Crippen molar-refractivity contribution in [2.75, 3.05) is 25.6 Å². The lowest BCUT2D eigenvalue weighted by atomic mass is 10.1. The summed E-state index contributed by atoms with van der Waals surface area (Å²) in [6.45, 7) is 12.7. The molecule has 0 amide bonds. The SMILES string of the molecule is CCCSC#N.CCOC1(CC)CCCC[Si]1(OCC)OCC. The van der Waals surface area contributed by atoms with Crippen molar-refractivity contribution in [3.63, 3.8) is 0 Å². The Morgan fingerprint density at radius 2 is 1.70 bits per heavy atom. The summed E-state index contributed by atoms with van der Waals surface area (Å²) in [5.41, 5.74) is 0. The predicted molar refractivity (Wildman–Crippen MR) is 101 cm³/mol. The molecule has 1 aliphatic rings. The summed E-state index contributed by atoms with van der Waals surface area (Å²) in [5.74, 6) is 0.969. The number of hydrogen-bond donors (Lipinski definition) is 0. The lowest BCUT2D eigenvalue weighted by Gasteiger charge is -2.49. The number of ether oxygens (including phenoxy) is 1. The minimum Gasteiger partial charge on any atom is -0.393 e. The normalized spacial score (nSPS) is 22.8. The van der Waals surface area contributed by atoms with Crippen molar-refractivity contribution in [3.8, 4) is 5.40 Å². The van der Waals surface area contributed by atoms with E-state index >= 15 is 0 Å². The number of hydrogen-bond acceptors (Lipinski definition) is 5. The molecule has 0 radical (unpaired) electrons. The van der Waals surface area contributed by atoms with Crippen molar-refractivity contribution in [2.45, 2.75) is 78.0 Å². The van der Waals surface area contributed by atoms with Crippen LogP contribution in [0.3, 0.4) is 0 Å². The minimum atomic E-state index is -2.21. The fraction of sp³-hybridized carbons (Fsp3) is 0.941. The number of nitrogens with zero attached hydrogens (tertiary/aromatic N) is 1. The Balaban J connectivity index is 0.000000688. The van der Waals surface area contributed by atoms with E-state index in [0.29, 0.717) is 0 Å². The van der Waals surface area contributed by atoms with Crippen molar-refractivity contribution in [3.05, 3.63) is 0 Å². The highest BCUT2D eigenvalue weighted by molar-refractivity contribution is 8.03. The number of nitriles is 1. The van der Waals surface area contributed by atoms with Crippen LogP contribution in [0.2, 0.25) is 6.04 Å². The van der Waals surface area contributed by atoms with Gasteiger partial charge in [0.2, 0.25) is 0 Å². The first-order chi connectivity index (χ1) is 11.1. The Morgan fingerprint density at radius 1 is 1.04 bits per heavy atom. The third-order valence-electron chi connectivity index (χ3n) is 4.15. The predicted octanol–water partition coefficient (Wildman–Crippen LogP) is 5.02. The standard InChI is InChI=1S/C13H28O3Si.C4H7NS/c1-5-13(14-6-2)11-9-10-12-17(13,15-7-3)16-8-4;1-2-3-6-4-5/h5-12H2,1-4H3;2-3H2,1H3. The first-order valence-electron chi connectivity index (χ1n) is 9.04. The fourth-order valence-corrected chi connectivity index (χ4v) is 8.01. The second-order valence-corrected chi connectivity index (χ2v) is 9.92. The molecule has 136 valence electrons. The first kappa shape index (κ1) is 22.9. The highest BCUT2D eigenvalue weighted by Gasteiger charge is 2.58. The van der Waals surface area contributed by atoms with Crippen LogP contribution in [0.5, 0.6) is 0 Å². The lowest BCUT2D eigenvalue weighted by molar-refractivity contribution is -0.0426. The van der Waals surface area contributed by atoms with E-state index in [0.717, 1.165) is 50.9 Å². The van der Waals surface area contributed by atoms with Gasteiger partial charge >= 0.3 is 8.56 Å². The third kappa shape index (κ3) is 6.75. The average molecular weight is 362 g/mol. The molecular weight excluding hydrogens is 326 g/mol. The summed E-state index contributed by atoms with van der Waals surface area (Å²) in [4.78, 5) is 0. The maximum atomic E-state index is 7.91. The van der Waals surface area contributed by atoms with Gasteiger partial charge in [0.15, 0.2) is 0 Å². The Morgan fingerprint density at radius 3 is 2.09 bits per heavy atom. The van der Waals surface area contributed by atoms with Crippen molar-refractivity contribution in [1.29, 1.82) is 5.26 Å². The molecule has 0 N–H and O–H groups in total. The Labute approximate surface area is 148 Å². The van der Waals surface area contributed by atoms with Gasteiger partial charge in [-0.3, -0.25) is 0 Å². The van der Waals surface area contributed by atoms with E-state index in [4.69, 9.17) is 18.9 Å². The molecular formula is C17H35NO3SSi. The quantitative estimate of drug-likeness (QED) is 0.328. The van der Waals surface area contributed by atoms with Crippen LogP contribution in [0, 0.1) is 10.7 Å². The molecule has 1 atom stereocenters. The molecule has 0 bridgehead atoms. The Hall–Kier alpha value is -0.0631. The second-order valence-electron chi connectivity index (χ2n) is 5.55. The summed E-state index contributed by atoms with van der Waals surface area (Å²) in [6.07, 6.45) is 5.67. The summed E-state index contributed by atoms with van der Waals surface area (Å²) in [6, 6.07) is 1.09. The maximum absolute atomic E-state index is 7.91. The third-order valence-corrected chi connectivity index (χ3v) is 9.55. The van der Waals surface area contributed by atoms with Crippen LogP contribution in [0.15, 0.2) is 0 Å². The minimum absolute atomic E-state index is 0.119. The maximum Gasteiger partial charge on any atom is 0.371 e. The molecule has 1 saturated heterocycles. The zero-order valence-electron chi connectivity index (χ0n) is 15.7. The van der Waals surface area contributed by atoms with Gasteiger partial charge in [-0.15, -0.1) is 0 Å². The molecule has 1 unspecified atom stereocenters. The van der Waals surface area contributed by atoms with Crippen molar-refractivity contribution >= 4 is 20.3 Å². The van der Waals surface area contributed by atoms with Gasteiger partial charge in [-0.2, -0.15) is 5.26 Å². The summed E-state index contributed by atoms with van der Waals surface area (Å²) >= 11 is 1.31. The van der Waals surface area contributed by atoms with Gasteiger partial charge in [0.05, 0.1) is 0 Å². The van der Waals surface area contributed by atoms with Crippen LogP contribution < -0.4 is 0 Å². The van der Waals surface area contributed by atoms with E-state index in [1.54, 1.807) is 0 Å². The zero-order valence-corrected chi connectivity index (χ0v) is 17.5. The van der Waals surface area contributed by atoms with Crippen LogP contribution in [-0.2, 0) is 13.6 Å². The van der Waals surface area contributed by atoms with Crippen LogP contribution in [0.1, 0.15) is 66.7 Å². The number of thioether (sulfide) groups is 1. The van der Waals surface area contributed by atoms with Crippen LogP contribution in [0.4, 0.5) is 0 Å². The molecule has 0 aromatic carbocycles. The molecule has 0 saturated carbocycles.